The topological polar surface area (TPSA) is 71.1 Å². The molecule has 0 saturated carbocycles. The van der Waals surface area contributed by atoms with Crippen molar-refractivity contribution in [2.24, 2.45) is 0 Å². The van der Waals surface area contributed by atoms with Crippen LogP contribution in [0, 0.1) is 0 Å². The predicted molar refractivity (Wildman–Crippen MR) is 81.9 cm³/mol. The molecule has 5 nitrogen and oxygen atoms in total. The standard InChI is InChI=1S/C16H17N3O2/c1-12(20)18-14-5-7-15(8-6-14)19-16(21)9-4-13-3-2-10-17-11-13/h2-3,5-8,10-11H,4,9H2,1H3,(H,18,20)(H,19,21). The van der Waals surface area contributed by atoms with Crippen LogP contribution in [0.2, 0.25) is 0 Å². The fourth-order valence-electron chi connectivity index (χ4n) is 1.87. The number of nitrogens with zero attached hydrogens (tertiary/aromatic N) is 1. The third-order valence-electron chi connectivity index (χ3n) is 2.85. The van der Waals surface area contributed by atoms with Crippen molar-refractivity contribution in [1.29, 1.82) is 0 Å². The van der Waals surface area contributed by atoms with Crippen LogP contribution in [-0.2, 0) is 16.0 Å². The zero-order valence-corrected chi connectivity index (χ0v) is 11.8. The monoisotopic (exact) mass is 283 g/mol. The molecular formula is C16H17N3O2. The Hall–Kier alpha value is -2.69. The first-order chi connectivity index (χ1) is 10.1. The van der Waals surface area contributed by atoms with Gasteiger partial charge in [0.05, 0.1) is 0 Å². The van der Waals surface area contributed by atoms with Gasteiger partial charge in [-0.05, 0) is 42.3 Å². The van der Waals surface area contributed by atoms with Crippen molar-refractivity contribution < 1.29 is 9.59 Å². The Morgan fingerprint density at radius 3 is 2.29 bits per heavy atom. The molecule has 2 rings (SSSR count). The number of aryl methyl sites for hydroxylation is 1. The molecule has 2 amide bonds. The lowest BCUT2D eigenvalue weighted by Crippen LogP contribution is -2.12. The second kappa shape index (κ2) is 7.19. The maximum Gasteiger partial charge on any atom is 0.224 e. The second-order valence-electron chi connectivity index (χ2n) is 4.67. The summed E-state index contributed by atoms with van der Waals surface area (Å²) in [4.78, 5) is 26.8. The lowest BCUT2D eigenvalue weighted by molar-refractivity contribution is -0.116. The van der Waals surface area contributed by atoms with Crippen molar-refractivity contribution in [3.05, 3.63) is 54.4 Å². The highest BCUT2D eigenvalue weighted by molar-refractivity contribution is 5.92. The van der Waals surface area contributed by atoms with E-state index in [1.807, 2.05) is 12.1 Å². The minimum Gasteiger partial charge on any atom is -0.326 e. The molecule has 0 unspecified atom stereocenters. The van der Waals surface area contributed by atoms with Crippen molar-refractivity contribution in [2.45, 2.75) is 19.8 Å². The van der Waals surface area contributed by atoms with Crippen molar-refractivity contribution >= 4 is 23.2 Å². The van der Waals surface area contributed by atoms with Crippen molar-refractivity contribution in [3.63, 3.8) is 0 Å². The van der Waals surface area contributed by atoms with Gasteiger partial charge in [0, 0.05) is 37.1 Å². The zero-order valence-electron chi connectivity index (χ0n) is 11.8. The Kier molecular flexibility index (Phi) is 5.04. The van der Waals surface area contributed by atoms with E-state index in [1.54, 1.807) is 36.7 Å². The molecule has 0 saturated heterocycles. The van der Waals surface area contributed by atoms with Gasteiger partial charge in [0.25, 0.3) is 0 Å². The van der Waals surface area contributed by atoms with Gasteiger partial charge in [-0.1, -0.05) is 6.07 Å². The summed E-state index contributed by atoms with van der Waals surface area (Å²) in [6, 6.07) is 10.8. The number of rotatable bonds is 5. The first kappa shape index (κ1) is 14.7. The predicted octanol–water partition coefficient (Wildman–Crippen LogP) is 2.61. The van der Waals surface area contributed by atoms with Crippen LogP contribution in [0.15, 0.2) is 48.8 Å². The highest BCUT2D eigenvalue weighted by Crippen LogP contribution is 2.14. The van der Waals surface area contributed by atoms with Gasteiger partial charge in [0.2, 0.25) is 11.8 Å². The molecule has 0 aliphatic heterocycles. The summed E-state index contributed by atoms with van der Waals surface area (Å²) in [5, 5.41) is 5.49. The number of benzene rings is 1. The van der Waals surface area contributed by atoms with Crippen LogP contribution in [0.25, 0.3) is 0 Å². The number of aromatic nitrogens is 1. The van der Waals surface area contributed by atoms with E-state index in [9.17, 15) is 9.59 Å². The Labute approximate surface area is 123 Å². The lowest BCUT2D eigenvalue weighted by atomic mass is 10.1. The molecule has 1 aromatic carbocycles. The minimum absolute atomic E-state index is 0.0499. The summed E-state index contributed by atoms with van der Waals surface area (Å²) >= 11 is 0. The molecule has 0 aliphatic rings. The van der Waals surface area contributed by atoms with Gasteiger partial charge in [0.1, 0.15) is 0 Å². The van der Waals surface area contributed by atoms with Crippen molar-refractivity contribution in [2.75, 3.05) is 10.6 Å². The number of carbonyl (C=O) groups is 2. The summed E-state index contributed by atoms with van der Waals surface area (Å²) in [5.41, 5.74) is 2.45. The normalized spacial score (nSPS) is 9.95. The summed E-state index contributed by atoms with van der Waals surface area (Å²) < 4.78 is 0. The molecule has 0 aliphatic carbocycles. The molecule has 2 aromatic rings. The molecule has 2 N–H and O–H groups in total. The molecule has 1 heterocycles. The van der Waals surface area contributed by atoms with Crippen molar-refractivity contribution in [1.82, 2.24) is 4.98 Å². The average molecular weight is 283 g/mol. The number of amides is 2. The van der Waals surface area contributed by atoms with Gasteiger partial charge >= 0.3 is 0 Å². The first-order valence-corrected chi connectivity index (χ1v) is 6.70. The second-order valence-corrected chi connectivity index (χ2v) is 4.67. The number of carbonyl (C=O) groups excluding carboxylic acids is 2. The third kappa shape index (κ3) is 5.06. The zero-order chi connectivity index (χ0) is 15.1. The molecule has 5 heteroatoms. The van der Waals surface area contributed by atoms with Crippen LogP contribution in [0.5, 0.6) is 0 Å². The number of hydrogen-bond acceptors (Lipinski definition) is 3. The number of pyridine rings is 1. The van der Waals surface area contributed by atoms with Gasteiger partial charge in [-0.15, -0.1) is 0 Å². The van der Waals surface area contributed by atoms with Crippen LogP contribution in [-0.4, -0.2) is 16.8 Å². The molecule has 0 radical (unpaired) electrons. The van der Waals surface area contributed by atoms with Gasteiger partial charge in [0.15, 0.2) is 0 Å². The number of nitrogens with one attached hydrogen (secondary N) is 2. The van der Waals surface area contributed by atoms with Crippen LogP contribution < -0.4 is 10.6 Å². The van der Waals surface area contributed by atoms with Gasteiger partial charge in [-0.3, -0.25) is 14.6 Å². The van der Waals surface area contributed by atoms with Gasteiger partial charge in [-0.2, -0.15) is 0 Å². The molecule has 108 valence electrons. The van der Waals surface area contributed by atoms with E-state index in [0.29, 0.717) is 24.2 Å². The maximum absolute atomic E-state index is 11.8. The highest BCUT2D eigenvalue weighted by Gasteiger charge is 2.03. The van der Waals surface area contributed by atoms with E-state index in [2.05, 4.69) is 15.6 Å². The minimum atomic E-state index is -0.122. The Morgan fingerprint density at radius 1 is 1.05 bits per heavy atom. The van der Waals surface area contributed by atoms with E-state index in [-0.39, 0.29) is 11.8 Å². The molecule has 21 heavy (non-hydrogen) atoms. The van der Waals surface area contributed by atoms with Crippen LogP contribution in [0.1, 0.15) is 18.9 Å². The Morgan fingerprint density at radius 2 is 1.71 bits per heavy atom. The molecule has 1 aromatic heterocycles. The Bertz CT molecular complexity index is 609. The van der Waals surface area contributed by atoms with Gasteiger partial charge in [-0.25, -0.2) is 0 Å². The van der Waals surface area contributed by atoms with Crippen molar-refractivity contribution in [3.8, 4) is 0 Å². The quantitative estimate of drug-likeness (QED) is 0.886. The highest BCUT2D eigenvalue weighted by atomic mass is 16.2. The van der Waals surface area contributed by atoms with E-state index < -0.39 is 0 Å². The summed E-state index contributed by atoms with van der Waals surface area (Å²) in [6.07, 6.45) is 4.53. The number of hydrogen-bond donors (Lipinski definition) is 2. The molecule has 0 bridgehead atoms. The smallest absolute Gasteiger partial charge is 0.224 e. The third-order valence-corrected chi connectivity index (χ3v) is 2.85. The largest absolute Gasteiger partial charge is 0.326 e. The summed E-state index contributed by atoms with van der Waals surface area (Å²) in [7, 11) is 0. The average Bonchev–Trinajstić information content (AvgIpc) is 2.48. The SMILES string of the molecule is CC(=O)Nc1ccc(NC(=O)CCc2cccnc2)cc1. The summed E-state index contributed by atoms with van der Waals surface area (Å²) in [6.45, 7) is 1.45. The molecule has 0 fully saturated rings. The van der Waals surface area contributed by atoms with Crippen LogP contribution in [0.4, 0.5) is 11.4 Å². The van der Waals surface area contributed by atoms with E-state index in [4.69, 9.17) is 0 Å². The fourth-order valence-corrected chi connectivity index (χ4v) is 1.87. The first-order valence-electron chi connectivity index (χ1n) is 6.70. The van der Waals surface area contributed by atoms with E-state index in [0.717, 1.165) is 5.56 Å². The van der Waals surface area contributed by atoms with Crippen LogP contribution in [0.3, 0.4) is 0 Å². The molecule has 0 spiro atoms. The molecule has 0 atom stereocenters. The number of anilines is 2. The lowest BCUT2D eigenvalue weighted by Gasteiger charge is -2.07. The van der Waals surface area contributed by atoms with E-state index in [1.165, 1.54) is 6.92 Å². The van der Waals surface area contributed by atoms with Crippen LogP contribution >= 0.6 is 0 Å². The molecular weight excluding hydrogens is 266 g/mol. The summed E-state index contributed by atoms with van der Waals surface area (Å²) in [5.74, 6) is -0.172. The van der Waals surface area contributed by atoms with Gasteiger partial charge < -0.3 is 10.6 Å². The maximum atomic E-state index is 11.8. The fraction of sp³-hybridized carbons (Fsp3) is 0.188. The Balaban J connectivity index is 1.83. The van der Waals surface area contributed by atoms with E-state index >= 15 is 0 Å².